The fourth-order valence-corrected chi connectivity index (χ4v) is 3.93. The predicted octanol–water partition coefficient (Wildman–Crippen LogP) is 2.93. The normalized spacial score (nSPS) is 15.7. The lowest BCUT2D eigenvalue weighted by Gasteiger charge is -2.31. The molecule has 1 saturated heterocycles. The zero-order valence-electron chi connectivity index (χ0n) is 15.1. The molecule has 1 aliphatic rings. The Labute approximate surface area is 156 Å². The van der Waals surface area contributed by atoms with E-state index in [-0.39, 0.29) is 11.8 Å². The van der Waals surface area contributed by atoms with E-state index in [0.29, 0.717) is 13.1 Å². The Hall–Kier alpha value is -3.22. The van der Waals surface area contributed by atoms with Gasteiger partial charge < -0.3 is 9.88 Å². The molecule has 0 aliphatic carbocycles. The van der Waals surface area contributed by atoms with Crippen molar-refractivity contribution < 1.29 is 4.79 Å². The lowest BCUT2D eigenvalue weighted by Crippen LogP contribution is -2.38. The van der Waals surface area contributed by atoms with Crippen molar-refractivity contribution >= 4 is 22.5 Å². The molecule has 1 aromatic carbocycles. The molecule has 1 fully saturated rings. The average molecular weight is 360 g/mol. The molecule has 136 valence electrons. The number of aromatic nitrogens is 5. The number of likely N-dealkylation sites (tertiary alicyclic amines) is 1. The van der Waals surface area contributed by atoms with E-state index in [1.165, 1.54) is 0 Å². The molecular weight excluding hydrogens is 340 g/mol. The Bertz CT molecular complexity index is 1140. The van der Waals surface area contributed by atoms with Crippen molar-refractivity contribution in [1.82, 2.24) is 29.7 Å². The molecule has 4 heterocycles. The van der Waals surface area contributed by atoms with Crippen LogP contribution in [0.3, 0.4) is 0 Å². The van der Waals surface area contributed by atoms with Crippen molar-refractivity contribution in [3.05, 3.63) is 59.7 Å². The van der Waals surface area contributed by atoms with Gasteiger partial charge in [-0.1, -0.05) is 6.07 Å². The van der Waals surface area contributed by atoms with Crippen LogP contribution in [0, 0.1) is 6.92 Å². The van der Waals surface area contributed by atoms with E-state index in [1.54, 1.807) is 0 Å². The maximum absolute atomic E-state index is 13.0. The molecule has 1 N–H and O–H groups in total. The Morgan fingerprint density at radius 2 is 1.96 bits per heavy atom. The molecule has 7 nitrogen and oxygen atoms in total. The summed E-state index contributed by atoms with van der Waals surface area (Å²) in [7, 11) is 0. The third-order valence-corrected chi connectivity index (χ3v) is 5.39. The smallest absolute Gasteiger partial charge is 0.254 e. The van der Waals surface area contributed by atoms with Crippen LogP contribution in [0.15, 0.2) is 42.6 Å². The number of carbonyl (C=O) groups is 1. The Morgan fingerprint density at radius 3 is 2.81 bits per heavy atom. The number of carbonyl (C=O) groups excluding carboxylic acids is 1. The lowest BCUT2D eigenvalue weighted by molar-refractivity contribution is 0.0712. The molecule has 0 radical (unpaired) electrons. The van der Waals surface area contributed by atoms with Gasteiger partial charge in [0.05, 0.1) is 5.69 Å². The molecule has 5 rings (SSSR count). The average Bonchev–Trinajstić information content (AvgIpc) is 3.34. The second kappa shape index (κ2) is 6.19. The summed E-state index contributed by atoms with van der Waals surface area (Å²) in [5.41, 5.74) is 3.47. The maximum Gasteiger partial charge on any atom is 0.254 e. The maximum atomic E-state index is 13.0. The monoisotopic (exact) mass is 360 g/mol. The van der Waals surface area contributed by atoms with Gasteiger partial charge in [-0.15, -0.1) is 10.2 Å². The highest BCUT2D eigenvalue weighted by molar-refractivity contribution is 6.06. The minimum atomic E-state index is 0.0960. The predicted molar refractivity (Wildman–Crippen MR) is 102 cm³/mol. The van der Waals surface area contributed by atoms with Gasteiger partial charge in [0.15, 0.2) is 11.5 Å². The summed E-state index contributed by atoms with van der Waals surface area (Å²) in [6.07, 6.45) is 3.61. The van der Waals surface area contributed by atoms with Crippen LogP contribution < -0.4 is 0 Å². The van der Waals surface area contributed by atoms with Gasteiger partial charge in [0.2, 0.25) is 0 Å². The van der Waals surface area contributed by atoms with Crippen LogP contribution in [0.5, 0.6) is 0 Å². The highest BCUT2D eigenvalue weighted by Crippen LogP contribution is 2.28. The van der Waals surface area contributed by atoms with E-state index >= 15 is 0 Å². The van der Waals surface area contributed by atoms with Crippen molar-refractivity contribution in [3.8, 4) is 0 Å². The summed E-state index contributed by atoms with van der Waals surface area (Å²) >= 11 is 0. The molecule has 3 aromatic heterocycles. The largest absolute Gasteiger partial charge is 0.361 e. The van der Waals surface area contributed by atoms with Gasteiger partial charge in [0.25, 0.3) is 5.91 Å². The van der Waals surface area contributed by atoms with Gasteiger partial charge in [0.1, 0.15) is 0 Å². The quantitative estimate of drug-likeness (QED) is 0.596. The van der Waals surface area contributed by atoms with Gasteiger partial charge in [-0.3, -0.25) is 4.79 Å². The number of aryl methyl sites for hydroxylation is 1. The fraction of sp³-hybridized carbons (Fsp3) is 0.300. The summed E-state index contributed by atoms with van der Waals surface area (Å²) in [5, 5.41) is 14.1. The highest BCUT2D eigenvalue weighted by Gasteiger charge is 2.28. The Morgan fingerprint density at radius 1 is 1.11 bits per heavy atom. The number of hydrogen-bond donors (Lipinski definition) is 1. The molecule has 1 aliphatic heterocycles. The number of benzene rings is 1. The molecule has 0 atom stereocenters. The number of H-pyrrole nitrogens is 1. The number of rotatable bonds is 2. The van der Waals surface area contributed by atoms with Gasteiger partial charge in [0, 0.05) is 41.7 Å². The van der Waals surface area contributed by atoms with Gasteiger partial charge in [-0.05, 0) is 50.1 Å². The number of amides is 1. The Balaban J connectivity index is 1.36. The zero-order valence-corrected chi connectivity index (χ0v) is 15.1. The summed E-state index contributed by atoms with van der Waals surface area (Å²) in [6, 6.07) is 11.7. The molecule has 0 saturated carbocycles. The van der Waals surface area contributed by atoms with Crippen molar-refractivity contribution in [1.29, 1.82) is 0 Å². The van der Waals surface area contributed by atoms with E-state index in [1.807, 2.05) is 58.9 Å². The van der Waals surface area contributed by atoms with Gasteiger partial charge >= 0.3 is 0 Å². The van der Waals surface area contributed by atoms with E-state index in [9.17, 15) is 4.79 Å². The Kier molecular flexibility index (Phi) is 3.67. The zero-order chi connectivity index (χ0) is 18.4. The van der Waals surface area contributed by atoms with E-state index in [2.05, 4.69) is 20.3 Å². The third kappa shape index (κ3) is 2.66. The van der Waals surface area contributed by atoms with Crippen LogP contribution in [0.25, 0.3) is 16.6 Å². The second-order valence-electron chi connectivity index (χ2n) is 7.11. The van der Waals surface area contributed by atoms with Crippen LogP contribution in [0.4, 0.5) is 0 Å². The minimum Gasteiger partial charge on any atom is -0.361 e. The number of nitrogens with zero attached hydrogens (tertiary/aromatic N) is 5. The van der Waals surface area contributed by atoms with Crippen LogP contribution in [0.1, 0.15) is 40.6 Å². The summed E-state index contributed by atoms with van der Waals surface area (Å²) < 4.78 is 1.85. The number of hydrogen-bond acceptors (Lipinski definition) is 4. The summed E-state index contributed by atoms with van der Waals surface area (Å²) in [5.74, 6) is 1.26. The molecule has 0 spiro atoms. The molecule has 0 bridgehead atoms. The standard InChI is InChI=1S/C20H20N6O/c1-13-5-6-18-22-23-19(26(18)24-13)14-8-11-25(12-9-14)20(27)16-3-2-4-17-15(16)7-10-21-17/h2-7,10,14,21H,8-9,11-12H2,1H3. The molecule has 27 heavy (non-hydrogen) atoms. The topological polar surface area (TPSA) is 79.2 Å². The van der Waals surface area contributed by atoms with Crippen LogP contribution in [-0.4, -0.2) is 48.7 Å². The SMILES string of the molecule is Cc1ccc2nnc(C3CCN(C(=O)c4cccc5[nH]ccc45)CC3)n2n1. The summed E-state index contributed by atoms with van der Waals surface area (Å²) in [4.78, 5) is 18.1. The number of piperidine rings is 1. The van der Waals surface area contributed by atoms with Crippen LogP contribution in [0.2, 0.25) is 0 Å². The van der Waals surface area contributed by atoms with Crippen LogP contribution in [-0.2, 0) is 0 Å². The van der Waals surface area contributed by atoms with E-state index in [4.69, 9.17) is 0 Å². The first-order chi connectivity index (χ1) is 13.2. The molecule has 7 heteroatoms. The van der Waals surface area contributed by atoms with E-state index in [0.717, 1.165) is 46.5 Å². The second-order valence-corrected chi connectivity index (χ2v) is 7.11. The minimum absolute atomic E-state index is 0.0960. The first-order valence-corrected chi connectivity index (χ1v) is 9.25. The lowest BCUT2D eigenvalue weighted by atomic mass is 9.95. The summed E-state index contributed by atoms with van der Waals surface area (Å²) in [6.45, 7) is 3.39. The molecule has 4 aromatic rings. The first kappa shape index (κ1) is 16.0. The molecule has 1 amide bonds. The highest BCUT2D eigenvalue weighted by atomic mass is 16.2. The van der Waals surface area contributed by atoms with Crippen molar-refractivity contribution in [2.24, 2.45) is 0 Å². The number of fused-ring (bicyclic) bond motifs is 2. The van der Waals surface area contributed by atoms with Gasteiger partial charge in [-0.2, -0.15) is 9.61 Å². The van der Waals surface area contributed by atoms with E-state index < -0.39 is 0 Å². The number of aromatic amines is 1. The van der Waals surface area contributed by atoms with Crippen molar-refractivity contribution in [3.63, 3.8) is 0 Å². The van der Waals surface area contributed by atoms with Crippen LogP contribution >= 0.6 is 0 Å². The fourth-order valence-electron chi connectivity index (χ4n) is 3.93. The van der Waals surface area contributed by atoms with Crippen molar-refractivity contribution in [2.75, 3.05) is 13.1 Å². The molecular formula is C20H20N6O. The van der Waals surface area contributed by atoms with Gasteiger partial charge in [-0.25, -0.2) is 0 Å². The number of nitrogens with one attached hydrogen (secondary N) is 1. The van der Waals surface area contributed by atoms with Crippen molar-refractivity contribution in [2.45, 2.75) is 25.7 Å². The first-order valence-electron chi connectivity index (χ1n) is 9.25. The third-order valence-electron chi connectivity index (χ3n) is 5.39. The molecule has 0 unspecified atom stereocenters.